The quantitative estimate of drug-likeness (QED) is 0.523. The van der Waals surface area contributed by atoms with E-state index in [-0.39, 0.29) is 0 Å². The second-order valence-electron chi connectivity index (χ2n) is 5.21. The topological polar surface area (TPSA) is 46.1 Å². The van der Waals surface area contributed by atoms with Gasteiger partial charge in [0.2, 0.25) is 0 Å². The van der Waals surface area contributed by atoms with Crippen molar-refractivity contribution < 1.29 is 14.5 Å². The SMILES string of the molecule is CCCCCCCCCCn1cc[n+](C)c1C(=O)O. The maximum absolute atomic E-state index is 11.1. The van der Waals surface area contributed by atoms with Crippen molar-refractivity contribution in [2.45, 2.75) is 64.8 Å². The lowest BCUT2D eigenvalue weighted by molar-refractivity contribution is -0.673. The lowest BCUT2D eigenvalue weighted by Crippen LogP contribution is -2.35. The normalized spacial score (nSPS) is 10.8. The van der Waals surface area contributed by atoms with Crippen LogP contribution in [0.5, 0.6) is 0 Å². The number of hydrogen-bond donors (Lipinski definition) is 1. The first-order chi connectivity index (χ1) is 9.16. The molecule has 19 heavy (non-hydrogen) atoms. The van der Waals surface area contributed by atoms with E-state index in [4.69, 9.17) is 5.11 Å². The largest absolute Gasteiger partial charge is 0.472 e. The first-order valence-corrected chi connectivity index (χ1v) is 7.45. The van der Waals surface area contributed by atoms with Gasteiger partial charge in [-0.2, -0.15) is 0 Å². The van der Waals surface area contributed by atoms with Crippen LogP contribution in [-0.4, -0.2) is 15.6 Å². The molecule has 0 bridgehead atoms. The molecule has 0 aliphatic heterocycles. The third-order valence-corrected chi connectivity index (χ3v) is 3.52. The number of hydrogen-bond acceptors (Lipinski definition) is 1. The molecule has 0 atom stereocenters. The number of unbranched alkanes of at least 4 members (excludes halogenated alkanes) is 7. The Morgan fingerprint density at radius 3 is 2.32 bits per heavy atom. The standard InChI is InChI=1S/C15H26N2O2/c1-3-4-5-6-7-8-9-10-11-17-13-12-16(2)14(17)15(18)19/h12-13H,3-11H2,1-2H3/p+1. The Labute approximate surface area is 116 Å². The van der Waals surface area contributed by atoms with E-state index in [2.05, 4.69) is 6.92 Å². The van der Waals surface area contributed by atoms with E-state index in [0.29, 0.717) is 5.82 Å². The van der Waals surface area contributed by atoms with Crippen molar-refractivity contribution in [1.82, 2.24) is 4.57 Å². The second-order valence-corrected chi connectivity index (χ2v) is 5.21. The first kappa shape index (κ1) is 15.7. The highest BCUT2D eigenvalue weighted by Crippen LogP contribution is 2.09. The molecule has 0 aliphatic rings. The van der Waals surface area contributed by atoms with Gasteiger partial charge in [0, 0.05) is 0 Å². The van der Waals surface area contributed by atoms with Crippen LogP contribution in [0.25, 0.3) is 0 Å². The Morgan fingerprint density at radius 1 is 1.16 bits per heavy atom. The molecule has 0 aliphatic carbocycles. The summed E-state index contributed by atoms with van der Waals surface area (Å²) in [5.74, 6) is -0.491. The van der Waals surface area contributed by atoms with Crippen LogP contribution in [0.2, 0.25) is 0 Å². The number of carboxylic acids is 1. The molecular weight excluding hydrogens is 240 g/mol. The van der Waals surface area contributed by atoms with Crippen molar-refractivity contribution in [3.63, 3.8) is 0 Å². The summed E-state index contributed by atoms with van der Waals surface area (Å²) >= 11 is 0. The van der Waals surface area contributed by atoms with Gasteiger partial charge in [-0.25, -0.2) is 13.9 Å². The number of rotatable bonds is 10. The predicted octanol–water partition coefficient (Wildman–Crippen LogP) is 3.15. The maximum atomic E-state index is 11.1. The summed E-state index contributed by atoms with van der Waals surface area (Å²) in [5, 5.41) is 9.12. The summed E-state index contributed by atoms with van der Waals surface area (Å²) in [6, 6.07) is 0. The summed E-state index contributed by atoms with van der Waals surface area (Å²) in [6.07, 6.45) is 13.8. The van der Waals surface area contributed by atoms with Crippen molar-refractivity contribution >= 4 is 5.97 Å². The number of carboxylic acid groups (broad SMARTS) is 1. The number of aromatic nitrogens is 2. The minimum atomic E-state index is -0.855. The third kappa shape index (κ3) is 5.45. The molecule has 0 spiro atoms. The van der Waals surface area contributed by atoms with E-state index in [1.807, 2.05) is 10.8 Å². The molecule has 108 valence electrons. The maximum Gasteiger partial charge on any atom is 0.419 e. The Morgan fingerprint density at radius 2 is 1.74 bits per heavy atom. The van der Waals surface area contributed by atoms with Crippen LogP contribution in [0.15, 0.2) is 12.4 Å². The van der Waals surface area contributed by atoms with Crippen LogP contribution < -0.4 is 4.57 Å². The zero-order chi connectivity index (χ0) is 14.1. The summed E-state index contributed by atoms with van der Waals surface area (Å²) in [4.78, 5) is 11.1. The van der Waals surface area contributed by atoms with Gasteiger partial charge >= 0.3 is 11.8 Å². The molecule has 4 nitrogen and oxygen atoms in total. The second kappa shape index (κ2) is 8.73. The van der Waals surface area contributed by atoms with Gasteiger partial charge < -0.3 is 5.11 Å². The molecular formula is C15H27N2O2+. The van der Waals surface area contributed by atoms with E-state index >= 15 is 0 Å². The van der Waals surface area contributed by atoms with Gasteiger partial charge in [0.1, 0.15) is 12.4 Å². The van der Waals surface area contributed by atoms with Gasteiger partial charge in [-0.3, -0.25) is 0 Å². The number of aryl methyl sites for hydroxylation is 2. The van der Waals surface area contributed by atoms with Crippen molar-refractivity contribution in [3.8, 4) is 0 Å². The Kier molecular flexibility index (Phi) is 7.23. The molecule has 1 N–H and O–H groups in total. The Hall–Kier alpha value is -1.32. The Balaban J connectivity index is 2.18. The molecule has 0 fully saturated rings. The molecule has 0 saturated heterocycles. The minimum absolute atomic E-state index is 0.364. The van der Waals surface area contributed by atoms with Gasteiger partial charge in [-0.15, -0.1) is 0 Å². The van der Waals surface area contributed by atoms with Crippen LogP contribution in [-0.2, 0) is 13.6 Å². The molecule has 0 saturated carbocycles. The van der Waals surface area contributed by atoms with Crippen LogP contribution in [0.3, 0.4) is 0 Å². The molecule has 0 radical (unpaired) electrons. The highest BCUT2D eigenvalue weighted by Gasteiger charge is 2.21. The number of nitrogens with zero attached hydrogens (tertiary/aromatic N) is 2. The van der Waals surface area contributed by atoms with E-state index < -0.39 is 5.97 Å². The fourth-order valence-corrected chi connectivity index (χ4v) is 2.39. The van der Waals surface area contributed by atoms with Gasteiger partial charge in [-0.05, 0) is 12.8 Å². The monoisotopic (exact) mass is 267 g/mol. The molecule has 0 amide bonds. The summed E-state index contributed by atoms with van der Waals surface area (Å²) in [5.41, 5.74) is 0. The number of carbonyl (C=O) groups is 1. The van der Waals surface area contributed by atoms with Crippen molar-refractivity contribution in [1.29, 1.82) is 0 Å². The zero-order valence-corrected chi connectivity index (χ0v) is 12.3. The highest BCUT2D eigenvalue weighted by molar-refractivity contribution is 5.81. The average Bonchev–Trinajstić information content (AvgIpc) is 2.74. The van der Waals surface area contributed by atoms with E-state index in [1.165, 1.54) is 44.9 Å². The van der Waals surface area contributed by atoms with Crippen molar-refractivity contribution in [3.05, 3.63) is 18.2 Å². The fraction of sp³-hybridized carbons (Fsp3) is 0.733. The molecule has 4 heteroatoms. The summed E-state index contributed by atoms with van der Waals surface area (Å²) in [6.45, 7) is 3.04. The number of aromatic carboxylic acids is 1. The van der Waals surface area contributed by atoms with E-state index in [0.717, 1.165) is 13.0 Å². The Bertz CT molecular complexity index is 385. The minimum Gasteiger partial charge on any atom is -0.472 e. The molecule has 1 aromatic heterocycles. The lowest BCUT2D eigenvalue weighted by atomic mass is 10.1. The number of imidazole rings is 1. The van der Waals surface area contributed by atoms with Gasteiger partial charge in [0.15, 0.2) is 0 Å². The predicted molar refractivity (Wildman–Crippen MR) is 75.2 cm³/mol. The van der Waals surface area contributed by atoms with Crippen LogP contribution >= 0.6 is 0 Å². The fourth-order valence-electron chi connectivity index (χ4n) is 2.39. The molecule has 0 aromatic carbocycles. The van der Waals surface area contributed by atoms with Crippen LogP contribution in [0.4, 0.5) is 0 Å². The van der Waals surface area contributed by atoms with Gasteiger partial charge in [0.05, 0.1) is 13.6 Å². The molecule has 1 aromatic rings. The molecule has 0 unspecified atom stereocenters. The van der Waals surface area contributed by atoms with Crippen molar-refractivity contribution in [2.24, 2.45) is 7.05 Å². The highest BCUT2D eigenvalue weighted by atomic mass is 16.4. The van der Waals surface area contributed by atoms with Crippen LogP contribution in [0.1, 0.15) is 68.9 Å². The summed E-state index contributed by atoms with van der Waals surface area (Å²) < 4.78 is 3.49. The van der Waals surface area contributed by atoms with Gasteiger partial charge in [0.25, 0.3) is 0 Å². The van der Waals surface area contributed by atoms with Crippen LogP contribution in [0, 0.1) is 0 Å². The van der Waals surface area contributed by atoms with Crippen molar-refractivity contribution in [2.75, 3.05) is 0 Å². The van der Waals surface area contributed by atoms with Gasteiger partial charge in [-0.1, -0.05) is 45.4 Å². The first-order valence-electron chi connectivity index (χ1n) is 7.45. The molecule has 1 rings (SSSR count). The third-order valence-electron chi connectivity index (χ3n) is 3.52. The smallest absolute Gasteiger partial charge is 0.419 e. The zero-order valence-electron chi connectivity index (χ0n) is 12.3. The molecule has 1 heterocycles. The average molecular weight is 267 g/mol. The summed E-state index contributed by atoms with van der Waals surface area (Å²) in [7, 11) is 1.77. The van der Waals surface area contributed by atoms with E-state index in [1.54, 1.807) is 17.8 Å². The lowest BCUT2D eigenvalue weighted by Gasteiger charge is -2.01. The van der Waals surface area contributed by atoms with E-state index in [9.17, 15) is 4.79 Å².